The molecule has 2 aromatic heterocycles. The topological polar surface area (TPSA) is 74.9 Å². The first kappa shape index (κ1) is 21.9. The first-order chi connectivity index (χ1) is 16.5. The summed E-state index contributed by atoms with van der Waals surface area (Å²) in [5, 5.41) is 12.0. The Morgan fingerprint density at radius 3 is 2.44 bits per heavy atom. The van der Waals surface area contributed by atoms with Gasteiger partial charge in [0.25, 0.3) is 11.7 Å². The molecule has 1 amide bonds. The van der Waals surface area contributed by atoms with Crippen molar-refractivity contribution in [3.63, 3.8) is 0 Å². The molecular weight excluding hydrogens is 450 g/mol. The van der Waals surface area contributed by atoms with E-state index in [1.807, 2.05) is 48.5 Å². The molecule has 4 aromatic rings. The number of pyridine rings is 1. The summed E-state index contributed by atoms with van der Waals surface area (Å²) in [6.45, 7) is 2.09. The standard InChI is InChI=1S/C27H22ClN3O3/c1-17-23(30-15-6-5-9-21(30)29-17)25(32)22-24(19-10-12-20(28)13-11-19)31(27(34)26(22)33)16-14-18-7-3-2-4-8-18/h2-13,15,24,32H,14,16H2,1H3. The van der Waals surface area contributed by atoms with Gasteiger partial charge in [-0.15, -0.1) is 0 Å². The zero-order valence-corrected chi connectivity index (χ0v) is 19.2. The molecule has 7 heteroatoms. The van der Waals surface area contributed by atoms with Crippen molar-refractivity contribution in [3.8, 4) is 0 Å². The van der Waals surface area contributed by atoms with Crippen LogP contribution in [0, 0.1) is 6.92 Å². The maximum atomic E-state index is 13.3. The monoisotopic (exact) mass is 471 g/mol. The number of Topliss-reactive ketones (excluding diaryl/α,β-unsaturated/α-hetero) is 1. The second-order valence-corrected chi connectivity index (χ2v) is 8.69. The fraction of sp³-hybridized carbons (Fsp3) is 0.148. The van der Waals surface area contributed by atoms with Crippen molar-refractivity contribution >= 4 is 34.7 Å². The number of aliphatic hydroxyl groups is 1. The summed E-state index contributed by atoms with van der Waals surface area (Å²) in [6, 6.07) is 21.5. The number of fused-ring (bicyclic) bond motifs is 1. The number of halogens is 1. The summed E-state index contributed by atoms with van der Waals surface area (Å²) >= 11 is 6.10. The van der Waals surface area contributed by atoms with E-state index in [-0.39, 0.29) is 11.3 Å². The summed E-state index contributed by atoms with van der Waals surface area (Å²) in [4.78, 5) is 32.5. The molecule has 0 aliphatic carbocycles. The van der Waals surface area contributed by atoms with Crippen LogP contribution in [0.15, 0.2) is 84.6 Å². The second-order valence-electron chi connectivity index (χ2n) is 8.25. The zero-order valence-electron chi connectivity index (χ0n) is 18.5. The van der Waals surface area contributed by atoms with Gasteiger partial charge in [0.15, 0.2) is 5.76 Å². The molecule has 6 nitrogen and oxygen atoms in total. The minimum atomic E-state index is -0.741. The summed E-state index contributed by atoms with van der Waals surface area (Å²) < 4.78 is 1.72. The van der Waals surface area contributed by atoms with Crippen molar-refractivity contribution in [1.82, 2.24) is 14.3 Å². The number of hydrogen-bond donors (Lipinski definition) is 1. The normalized spacial score (nSPS) is 17.6. The van der Waals surface area contributed by atoms with Crippen LogP contribution in [0.3, 0.4) is 0 Å². The molecule has 0 radical (unpaired) electrons. The maximum Gasteiger partial charge on any atom is 0.295 e. The Morgan fingerprint density at radius 2 is 1.71 bits per heavy atom. The van der Waals surface area contributed by atoms with Crippen molar-refractivity contribution < 1.29 is 14.7 Å². The lowest BCUT2D eigenvalue weighted by Gasteiger charge is -2.25. The average molecular weight is 472 g/mol. The third-order valence-corrected chi connectivity index (χ3v) is 6.39. The lowest BCUT2D eigenvalue weighted by Crippen LogP contribution is -2.31. The van der Waals surface area contributed by atoms with E-state index in [0.29, 0.717) is 40.6 Å². The van der Waals surface area contributed by atoms with E-state index >= 15 is 0 Å². The number of carbonyl (C=O) groups is 2. The summed E-state index contributed by atoms with van der Waals surface area (Å²) in [5.74, 6) is -1.59. The Hall–Kier alpha value is -3.90. The summed E-state index contributed by atoms with van der Waals surface area (Å²) in [5.41, 5.74) is 3.41. The van der Waals surface area contributed by atoms with E-state index in [1.165, 1.54) is 4.90 Å². The van der Waals surface area contributed by atoms with Crippen molar-refractivity contribution in [3.05, 3.63) is 112 Å². The number of ketones is 1. The molecule has 1 aliphatic heterocycles. The molecule has 1 unspecified atom stereocenters. The van der Waals surface area contributed by atoms with Crippen LogP contribution >= 0.6 is 11.6 Å². The Balaban J connectivity index is 1.65. The zero-order chi connectivity index (χ0) is 23.8. The Labute approximate surface area is 201 Å². The molecule has 1 saturated heterocycles. The smallest absolute Gasteiger partial charge is 0.295 e. The number of aliphatic hydroxyl groups excluding tert-OH is 1. The molecule has 1 atom stereocenters. The number of rotatable bonds is 5. The van der Waals surface area contributed by atoms with Gasteiger partial charge in [0.2, 0.25) is 0 Å². The predicted molar refractivity (Wildman–Crippen MR) is 131 cm³/mol. The molecule has 1 N–H and O–H groups in total. The second kappa shape index (κ2) is 8.80. The van der Waals surface area contributed by atoms with Crippen LogP contribution < -0.4 is 0 Å². The van der Waals surface area contributed by atoms with Crippen LogP contribution in [0.1, 0.15) is 28.6 Å². The van der Waals surface area contributed by atoms with Crippen LogP contribution in [0.5, 0.6) is 0 Å². The van der Waals surface area contributed by atoms with Gasteiger partial charge in [-0.3, -0.25) is 14.0 Å². The molecule has 0 saturated carbocycles. The molecule has 34 heavy (non-hydrogen) atoms. The number of aryl methyl sites for hydroxylation is 1. The number of likely N-dealkylation sites (tertiary alicyclic amines) is 1. The summed E-state index contributed by atoms with van der Waals surface area (Å²) in [7, 11) is 0. The van der Waals surface area contributed by atoms with Gasteiger partial charge in [-0.25, -0.2) is 4.98 Å². The maximum absolute atomic E-state index is 13.3. The van der Waals surface area contributed by atoms with Crippen molar-refractivity contribution in [1.29, 1.82) is 0 Å². The van der Waals surface area contributed by atoms with E-state index in [0.717, 1.165) is 5.56 Å². The highest BCUT2D eigenvalue weighted by molar-refractivity contribution is 6.46. The highest BCUT2D eigenvalue weighted by Crippen LogP contribution is 2.40. The van der Waals surface area contributed by atoms with Gasteiger partial charge in [0, 0.05) is 17.8 Å². The minimum absolute atomic E-state index is 0.0501. The molecule has 1 aliphatic rings. The van der Waals surface area contributed by atoms with E-state index in [2.05, 4.69) is 4.98 Å². The number of amides is 1. The number of hydrogen-bond acceptors (Lipinski definition) is 4. The average Bonchev–Trinajstić information content (AvgIpc) is 3.31. The van der Waals surface area contributed by atoms with Crippen molar-refractivity contribution in [2.45, 2.75) is 19.4 Å². The summed E-state index contributed by atoms with van der Waals surface area (Å²) in [6.07, 6.45) is 2.35. The molecule has 0 bridgehead atoms. The molecule has 0 spiro atoms. The lowest BCUT2D eigenvalue weighted by atomic mass is 9.96. The van der Waals surface area contributed by atoms with Gasteiger partial charge in [-0.2, -0.15) is 0 Å². The van der Waals surface area contributed by atoms with Crippen LogP contribution in [0.2, 0.25) is 5.02 Å². The van der Waals surface area contributed by atoms with Crippen molar-refractivity contribution in [2.75, 3.05) is 6.54 Å². The van der Waals surface area contributed by atoms with Crippen LogP contribution in [0.4, 0.5) is 0 Å². The van der Waals surface area contributed by atoms with Crippen LogP contribution in [0.25, 0.3) is 11.4 Å². The number of carbonyl (C=O) groups excluding carboxylic acids is 2. The van der Waals surface area contributed by atoms with Gasteiger partial charge in [0.05, 0.1) is 17.3 Å². The fourth-order valence-electron chi connectivity index (χ4n) is 4.52. The Kier molecular flexibility index (Phi) is 5.67. The number of benzene rings is 2. The van der Waals surface area contributed by atoms with Crippen molar-refractivity contribution in [2.24, 2.45) is 0 Å². The third-order valence-electron chi connectivity index (χ3n) is 6.14. The van der Waals surface area contributed by atoms with Crippen LogP contribution in [-0.4, -0.2) is 37.6 Å². The fourth-order valence-corrected chi connectivity index (χ4v) is 4.65. The molecule has 5 rings (SSSR count). The molecule has 2 aromatic carbocycles. The lowest BCUT2D eigenvalue weighted by molar-refractivity contribution is -0.139. The van der Waals surface area contributed by atoms with Gasteiger partial charge in [-0.05, 0) is 48.7 Å². The highest BCUT2D eigenvalue weighted by Gasteiger charge is 2.46. The first-order valence-corrected chi connectivity index (χ1v) is 11.4. The number of aromatic nitrogens is 2. The minimum Gasteiger partial charge on any atom is -0.505 e. The predicted octanol–water partition coefficient (Wildman–Crippen LogP) is 4.96. The molecule has 1 fully saturated rings. The van der Waals surface area contributed by atoms with E-state index in [4.69, 9.17) is 11.6 Å². The molecule has 3 heterocycles. The largest absolute Gasteiger partial charge is 0.505 e. The van der Waals surface area contributed by atoms with Gasteiger partial charge in [-0.1, -0.05) is 60.1 Å². The molecule has 170 valence electrons. The highest BCUT2D eigenvalue weighted by atomic mass is 35.5. The number of nitrogens with zero attached hydrogens (tertiary/aromatic N) is 3. The Bertz CT molecular complexity index is 1420. The van der Waals surface area contributed by atoms with Gasteiger partial charge in [0.1, 0.15) is 11.3 Å². The van der Waals surface area contributed by atoms with Crippen LogP contribution in [-0.2, 0) is 16.0 Å². The van der Waals surface area contributed by atoms with E-state index in [9.17, 15) is 14.7 Å². The SMILES string of the molecule is Cc1nc2ccccn2c1C(O)=C1C(=O)C(=O)N(CCc2ccccc2)C1c1ccc(Cl)cc1. The quantitative estimate of drug-likeness (QED) is 0.253. The van der Waals surface area contributed by atoms with E-state index in [1.54, 1.807) is 41.8 Å². The third kappa shape index (κ3) is 3.76. The van der Waals surface area contributed by atoms with E-state index < -0.39 is 17.7 Å². The number of imidazole rings is 1. The molecular formula is C27H22ClN3O3. The van der Waals surface area contributed by atoms with Gasteiger partial charge < -0.3 is 10.0 Å². The Morgan fingerprint density at radius 1 is 1.00 bits per heavy atom. The first-order valence-electron chi connectivity index (χ1n) is 11.0. The van der Waals surface area contributed by atoms with Gasteiger partial charge >= 0.3 is 0 Å².